The molecule has 0 radical (unpaired) electrons. The third-order valence-corrected chi connectivity index (χ3v) is 3.76. The molecule has 0 saturated heterocycles. The molecule has 1 aliphatic rings. The number of nitrogens with one attached hydrogen (secondary N) is 1. The van der Waals surface area contributed by atoms with Crippen LogP contribution < -0.4 is 5.32 Å². The van der Waals surface area contributed by atoms with Gasteiger partial charge >= 0.3 is 5.97 Å². The van der Waals surface area contributed by atoms with Gasteiger partial charge in [0.25, 0.3) is 0 Å². The third-order valence-electron chi connectivity index (χ3n) is 3.76. The summed E-state index contributed by atoms with van der Waals surface area (Å²) in [4.78, 5) is 26.5. The zero-order valence-electron chi connectivity index (χ0n) is 12.1. The number of aromatic nitrogens is 3. The number of amides is 1. The number of fused-ring (bicyclic) bond motifs is 1. The number of benzene rings is 1. The molecule has 1 aromatic carbocycles. The zero-order chi connectivity index (χ0) is 15.7. The molecule has 0 spiro atoms. The Kier molecular flexibility index (Phi) is 3.62. The van der Waals surface area contributed by atoms with E-state index in [-0.39, 0.29) is 11.8 Å². The molecule has 0 fully saturated rings. The van der Waals surface area contributed by atoms with Crippen LogP contribution >= 0.6 is 0 Å². The molecule has 7 nitrogen and oxygen atoms in total. The molecular formula is C15H16N4O3. The molecule has 0 saturated carbocycles. The van der Waals surface area contributed by atoms with E-state index in [9.17, 15) is 9.59 Å². The Balaban J connectivity index is 1.82. The predicted molar refractivity (Wildman–Crippen MR) is 78.8 cm³/mol. The van der Waals surface area contributed by atoms with Crippen molar-refractivity contribution in [3.63, 3.8) is 0 Å². The Morgan fingerprint density at radius 3 is 2.95 bits per heavy atom. The molecule has 1 amide bonds. The van der Waals surface area contributed by atoms with Gasteiger partial charge in [0.15, 0.2) is 0 Å². The molecular weight excluding hydrogens is 284 g/mol. The maximum absolute atomic E-state index is 11.1. The molecule has 2 heterocycles. The quantitative estimate of drug-likeness (QED) is 0.898. The molecule has 2 N–H and O–H groups in total. The van der Waals surface area contributed by atoms with Crippen LogP contribution in [0, 0.1) is 0 Å². The maximum atomic E-state index is 11.1. The number of aryl methyl sites for hydroxylation is 1. The Morgan fingerprint density at radius 2 is 2.23 bits per heavy atom. The van der Waals surface area contributed by atoms with Crippen LogP contribution in [0.4, 0.5) is 5.95 Å². The van der Waals surface area contributed by atoms with Crippen molar-refractivity contribution in [3.8, 4) is 0 Å². The lowest BCUT2D eigenvalue weighted by molar-refractivity contribution is -0.114. The average molecular weight is 300 g/mol. The van der Waals surface area contributed by atoms with Gasteiger partial charge in [0.2, 0.25) is 11.9 Å². The number of nitrogens with zero attached hydrogens (tertiary/aromatic N) is 3. The number of hydrogen-bond acceptors (Lipinski definition) is 4. The standard InChI is InChI=1S/C15H16N4O3/c1-9(20)16-15-17-13-8-11(5-6-19(13)18-15)10-3-2-4-12(7-10)14(21)22/h2-4,7,11H,5-6,8H2,1H3,(H,21,22)(H,16,18,20). The lowest BCUT2D eigenvalue weighted by Gasteiger charge is -2.22. The van der Waals surface area contributed by atoms with Gasteiger partial charge in [0, 0.05) is 19.9 Å². The Bertz CT molecular complexity index is 738. The molecule has 3 rings (SSSR count). The van der Waals surface area contributed by atoms with Gasteiger partial charge in [-0.3, -0.25) is 10.1 Å². The van der Waals surface area contributed by atoms with Gasteiger partial charge in [-0.1, -0.05) is 12.1 Å². The molecule has 114 valence electrons. The number of carboxylic acid groups (broad SMARTS) is 1. The van der Waals surface area contributed by atoms with E-state index in [1.54, 1.807) is 22.9 Å². The average Bonchev–Trinajstić information content (AvgIpc) is 2.87. The summed E-state index contributed by atoms with van der Waals surface area (Å²) in [6, 6.07) is 7.01. The third kappa shape index (κ3) is 2.83. The second kappa shape index (κ2) is 5.59. The largest absolute Gasteiger partial charge is 0.478 e. The second-order valence-electron chi connectivity index (χ2n) is 5.38. The first-order valence-electron chi connectivity index (χ1n) is 7.07. The van der Waals surface area contributed by atoms with Crippen LogP contribution in [-0.4, -0.2) is 31.7 Å². The molecule has 1 aromatic heterocycles. The molecule has 1 aliphatic heterocycles. The van der Waals surface area contributed by atoms with Crippen molar-refractivity contribution >= 4 is 17.8 Å². The maximum Gasteiger partial charge on any atom is 0.335 e. The van der Waals surface area contributed by atoms with E-state index in [0.717, 1.165) is 17.8 Å². The van der Waals surface area contributed by atoms with Crippen molar-refractivity contribution < 1.29 is 14.7 Å². The van der Waals surface area contributed by atoms with E-state index in [2.05, 4.69) is 15.4 Å². The summed E-state index contributed by atoms with van der Waals surface area (Å²) in [6.45, 7) is 2.12. The molecule has 1 unspecified atom stereocenters. The van der Waals surface area contributed by atoms with E-state index in [4.69, 9.17) is 5.11 Å². The van der Waals surface area contributed by atoms with Crippen LogP contribution in [0.25, 0.3) is 0 Å². The highest BCUT2D eigenvalue weighted by molar-refractivity contribution is 5.87. The fraction of sp³-hybridized carbons (Fsp3) is 0.333. The van der Waals surface area contributed by atoms with Gasteiger partial charge in [-0.2, -0.15) is 4.98 Å². The highest BCUT2D eigenvalue weighted by Gasteiger charge is 2.24. The van der Waals surface area contributed by atoms with E-state index in [1.165, 1.54) is 6.92 Å². The van der Waals surface area contributed by atoms with E-state index < -0.39 is 5.97 Å². The Morgan fingerprint density at radius 1 is 1.41 bits per heavy atom. The summed E-state index contributed by atoms with van der Waals surface area (Å²) >= 11 is 0. The topological polar surface area (TPSA) is 97.1 Å². The van der Waals surface area contributed by atoms with Crippen molar-refractivity contribution in [2.75, 3.05) is 5.32 Å². The smallest absolute Gasteiger partial charge is 0.335 e. The molecule has 1 atom stereocenters. The predicted octanol–water partition coefficient (Wildman–Crippen LogP) is 1.66. The second-order valence-corrected chi connectivity index (χ2v) is 5.38. The van der Waals surface area contributed by atoms with Crippen LogP contribution in [0.2, 0.25) is 0 Å². The van der Waals surface area contributed by atoms with E-state index in [0.29, 0.717) is 24.5 Å². The minimum absolute atomic E-state index is 0.200. The fourth-order valence-corrected chi connectivity index (χ4v) is 2.73. The number of carbonyl (C=O) groups excluding carboxylic acids is 1. The summed E-state index contributed by atoms with van der Waals surface area (Å²) < 4.78 is 1.79. The Labute approximate surface area is 127 Å². The lowest BCUT2D eigenvalue weighted by atomic mass is 9.89. The summed E-state index contributed by atoms with van der Waals surface area (Å²) in [7, 11) is 0. The van der Waals surface area contributed by atoms with Gasteiger partial charge in [0.05, 0.1) is 5.56 Å². The Hall–Kier alpha value is -2.70. The lowest BCUT2D eigenvalue weighted by Crippen LogP contribution is -2.19. The van der Waals surface area contributed by atoms with Gasteiger partial charge in [-0.15, -0.1) is 5.10 Å². The van der Waals surface area contributed by atoms with Gasteiger partial charge in [-0.25, -0.2) is 9.48 Å². The molecule has 0 bridgehead atoms. The van der Waals surface area contributed by atoms with Crippen molar-refractivity contribution in [2.45, 2.75) is 32.2 Å². The summed E-state index contributed by atoms with van der Waals surface area (Å²) in [5, 5.41) is 15.9. The van der Waals surface area contributed by atoms with Crippen LogP contribution in [0.5, 0.6) is 0 Å². The van der Waals surface area contributed by atoms with Gasteiger partial charge in [0.1, 0.15) is 5.82 Å². The van der Waals surface area contributed by atoms with Crippen LogP contribution in [0.15, 0.2) is 24.3 Å². The monoisotopic (exact) mass is 300 g/mol. The van der Waals surface area contributed by atoms with Crippen molar-refractivity contribution in [1.29, 1.82) is 0 Å². The zero-order valence-corrected chi connectivity index (χ0v) is 12.1. The molecule has 2 aromatic rings. The first kappa shape index (κ1) is 14.2. The number of aromatic carboxylic acids is 1. The SMILES string of the molecule is CC(=O)Nc1nc2n(n1)CCC(c1cccc(C(=O)O)c1)C2. The highest BCUT2D eigenvalue weighted by Crippen LogP contribution is 2.29. The van der Waals surface area contributed by atoms with Crippen molar-refractivity contribution in [1.82, 2.24) is 14.8 Å². The number of carbonyl (C=O) groups is 2. The number of anilines is 1. The minimum atomic E-state index is -0.922. The minimum Gasteiger partial charge on any atom is -0.478 e. The first-order chi connectivity index (χ1) is 10.5. The normalized spacial score (nSPS) is 16.9. The van der Waals surface area contributed by atoms with E-state index >= 15 is 0 Å². The molecule has 0 aliphatic carbocycles. The van der Waals surface area contributed by atoms with Crippen LogP contribution in [0.3, 0.4) is 0 Å². The van der Waals surface area contributed by atoms with Crippen molar-refractivity contribution in [2.24, 2.45) is 0 Å². The van der Waals surface area contributed by atoms with Gasteiger partial charge < -0.3 is 5.11 Å². The number of rotatable bonds is 3. The summed E-state index contributed by atoms with van der Waals surface area (Å²) in [5.74, 6) is 0.215. The van der Waals surface area contributed by atoms with Crippen LogP contribution in [0.1, 0.15) is 41.0 Å². The van der Waals surface area contributed by atoms with Gasteiger partial charge in [-0.05, 0) is 30.0 Å². The fourth-order valence-electron chi connectivity index (χ4n) is 2.73. The summed E-state index contributed by atoms with van der Waals surface area (Å²) in [5.41, 5.74) is 1.29. The molecule has 22 heavy (non-hydrogen) atoms. The first-order valence-corrected chi connectivity index (χ1v) is 7.07. The van der Waals surface area contributed by atoms with E-state index in [1.807, 2.05) is 6.07 Å². The summed E-state index contributed by atoms with van der Waals surface area (Å²) in [6.07, 6.45) is 1.54. The van der Waals surface area contributed by atoms with Crippen LogP contribution in [-0.2, 0) is 17.8 Å². The van der Waals surface area contributed by atoms with Crippen molar-refractivity contribution in [3.05, 3.63) is 41.2 Å². The number of hydrogen-bond donors (Lipinski definition) is 2. The molecule has 7 heteroatoms. The number of carboxylic acids is 1. The highest BCUT2D eigenvalue weighted by atomic mass is 16.4.